The fraction of sp³-hybridized carbons (Fsp3) is 0.357. The highest BCUT2D eigenvalue weighted by molar-refractivity contribution is 9.10. The van der Waals surface area contributed by atoms with Gasteiger partial charge in [-0.3, -0.25) is 4.79 Å². The first-order valence-electron chi connectivity index (χ1n) is 5.75. The molecule has 0 aliphatic heterocycles. The second-order valence-corrected chi connectivity index (χ2v) is 5.84. The van der Waals surface area contributed by atoms with Crippen LogP contribution in [0, 0.1) is 5.41 Å². The third-order valence-electron chi connectivity index (χ3n) is 2.45. The fourth-order valence-electron chi connectivity index (χ4n) is 1.22. The molecule has 0 unspecified atom stereocenters. The van der Waals surface area contributed by atoms with Gasteiger partial charge in [-0.25, -0.2) is 0 Å². The molecular weight excluding hydrogens is 294 g/mol. The Morgan fingerprint density at radius 2 is 2.22 bits per heavy atom. The number of aliphatic hydroxyl groups excluding tert-OH is 1. The van der Waals surface area contributed by atoms with Crippen LogP contribution in [-0.2, 0) is 4.79 Å². The predicted molar refractivity (Wildman–Crippen MR) is 77.1 cm³/mol. The van der Waals surface area contributed by atoms with E-state index in [9.17, 15) is 4.79 Å². The molecule has 0 atom stereocenters. The summed E-state index contributed by atoms with van der Waals surface area (Å²) in [6.45, 7) is 4.28. The Labute approximate surface area is 116 Å². The van der Waals surface area contributed by atoms with Gasteiger partial charge in [-0.1, -0.05) is 41.9 Å². The largest absolute Gasteiger partial charge is 0.396 e. The van der Waals surface area contributed by atoms with Gasteiger partial charge in [0, 0.05) is 29.1 Å². The van der Waals surface area contributed by atoms with Gasteiger partial charge in [-0.05, 0) is 23.8 Å². The third-order valence-corrected chi connectivity index (χ3v) is 2.94. The molecule has 0 saturated carbocycles. The molecule has 1 aromatic rings. The van der Waals surface area contributed by atoms with Crippen LogP contribution in [0.4, 0.5) is 0 Å². The minimum Gasteiger partial charge on any atom is -0.396 e. The van der Waals surface area contributed by atoms with Crippen molar-refractivity contribution in [3.8, 4) is 0 Å². The second kappa shape index (κ2) is 6.71. The molecule has 0 bridgehead atoms. The smallest absolute Gasteiger partial charge is 0.244 e. The highest BCUT2D eigenvalue weighted by atomic mass is 79.9. The lowest BCUT2D eigenvalue weighted by molar-refractivity contribution is -0.116. The summed E-state index contributed by atoms with van der Waals surface area (Å²) < 4.78 is 0.978. The van der Waals surface area contributed by atoms with Gasteiger partial charge in [0.25, 0.3) is 0 Å². The Kier molecular flexibility index (Phi) is 5.56. The maximum Gasteiger partial charge on any atom is 0.244 e. The molecule has 98 valence electrons. The molecule has 4 heteroatoms. The molecule has 0 heterocycles. The van der Waals surface area contributed by atoms with Crippen molar-refractivity contribution in [2.45, 2.75) is 13.8 Å². The van der Waals surface area contributed by atoms with Crippen molar-refractivity contribution in [1.82, 2.24) is 5.32 Å². The van der Waals surface area contributed by atoms with Crippen molar-refractivity contribution in [3.05, 3.63) is 40.4 Å². The SMILES string of the molecule is CC(C)(CO)CNC(=O)/C=C/c1cccc(Br)c1. The first-order chi connectivity index (χ1) is 8.43. The lowest BCUT2D eigenvalue weighted by Gasteiger charge is -2.21. The van der Waals surface area contributed by atoms with Crippen molar-refractivity contribution in [2.24, 2.45) is 5.41 Å². The summed E-state index contributed by atoms with van der Waals surface area (Å²) in [7, 11) is 0. The van der Waals surface area contributed by atoms with Gasteiger partial charge in [0.1, 0.15) is 0 Å². The Balaban J connectivity index is 2.50. The lowest BCUT2D eigenvalue weighted by atomic mass is 9.95. The van der Waals surface area contributed by atoms with Crippen molar-refractivity contribution in [3.63, 3.8) is 0 Å². The first-order valence-corrected chi connectivity index (χ1v) is 6.55. The molecule has 0 fully saturated rings. The van der Waals surface area contributed by atoms with Gasteiger partial charge in [-0.15, -0.1) is 0 Å². The molecule has 1 rings (SSSR count). The van der Waals surface area contributed by atoms with Crippen molar-refractivity contribution >= 4 is 27.9 Å². The number of hydrogen-bond acceptors (Lipinski definition) is 2. The van der Waals surface area contributed by atoms with Gasteiger partial charge in [0.15, 0.2) is 0 Å². The Morgan fingerprint density at radius 1 is 1.50 bits per heavy atom. The van der Waals surface area contributed by atoms with E-state index in [0.29, 0.717) is 6.54 Å². The van der Waals surface area contributed by atoms with Crippen LogP contribution in [0.2, 0.25) is 0 Å². The Bertz CT molecular complexity index is 441. The zero-order valence-corrected chi connectivity index (χ0v) is 12.2. The maximum absolute atomic E-state index is 11.6. The van der Waals surface area contributed by atoms with Crippen molar-refractivity contribution < 1.29 is 9.90 Å². The number of rotatable bonds is 5. The van der Waals surface area contributed by atoms with Crippen LogP contribution in [0.3, 0.4) is 0 Å². The quantitative estimate of drug-likeness (QED) is 0.821. The lowest BCUT2D eigenvalue weighted by Crippen LogP contribution is -2.35. The van der Waals surface area contributed by atoms with Crippen LogP contribution in [-0.4, -0.2) is 24.2 Å². The van der Waals surface area contributed by atoms with Crippen LogP contribution >= 0.6 is 15.9 Å². The van der Waals surface area contributed by atoms with Crippen molar-refractivity contribution in [1.29, 1.82) is 0 Å². The third kappa shape index (κ3) is 5.47. The van der Waals surface area contributed by atoms with Crippen LogP contribution < -0.4 is 5.32 Å². The number of nitrogens with one attached hydrogen (secondary N) is 1. The van der Waals surface area contributed by atoms with E-state index in [1.54, 1.807) is 6.08 Å². The minimum atomic E-state index is -0.292. The Morgan fingerprint density at radius 3 is 2.83 bits per heavy atom. The van der Waals surface area contributed by atoms with Crippen molar-refractivity contribution in [2.75, 3.05) is 13.2 Å². The maximum atomic E-state index is 11.6. The van der Waals surface area contributed by atoms with Gasteiger partial charge in [-0.2, -0.15) is 0 Å². The van der Waals surface area contributed by atoms with Crippen LogP contribution in [0.5, 0.6) is 0 Å². The minimum absolute atomic E-state index is 0.0443. The Hall–Kier alpha value is -1.13. The summed E-state index contributed by atoms with van der Waals surface area (Å²) >= 11 is 3.37. The number of carbonyl (C=O) groups excluding carboxylic acids is 1. The number of amides is 1. The number of aliphatic hydroxyl groups is 1. The average Bonchev–Trinajstić information content (AvgIpc) is 2.34. The normalized spacial score (nSPS) is 11.8. The summed E-state index contributed by atoms with van der Waals surface area (Å²) in [6.07, 6.45) is 3.25. The molecule has 0 aromatic heterocycles. The fourth-order valence-corrected chi connectivity index (χ4v) is 1.64. The molecule has 1 amide bonds. The summed E-state index contributed by atoms with van der Waals surface area (Å²) in [5, 5.41) is 11.8. The summed E-state index contributed by atoms with van der Waals surface area (Å²) in [6, 6.07) is 7.70. The van der Waals surface area contributed by atoms with Gasteiger partial charge in [0.05, 0.1) is 0 Å². The van der Waals surface area contributed by atoms with E-state index in [-0.39, 0.29) is 17.9 Å². The molecule has 0 aliphatic rings. The van der Waals surface area contributed by atoms with Crippen LogP contribution in [0.25, 0.3) is 6.08 Å². The zero-order valence-electron chi connectivity index (χ0n) is 10.6. The summed E-state index contributed by atoms with van der Waals surface area (Å²) in [4.78, 5) is 11.6. The molecule has 3 nitrogen and oxygen atoms in total. The van der Waals surface area contributed by atoms with E-state index in [1.807, 2.05) is 38.1 Å². The predicted octanol–water partition coefficient (Wildman–Crippen LogP) is 2.60. The van der Waals surface area contributed by atoms with E-state index in [1.165, 1.54) is 6.08 Å². The molecule has 0 saturated heterocycles. The van der Waals surface area contributed by atoms with E-state index >= 15 is 0 Å². The number of benzene rings is 1. The van der Waals surface area contributed by atoms with Gasteiger partial charge >= 0.3 is 0 Å². The molecule has 0 radical (unpaired) electrons. The molecular formula is C14H18BrNO2. The second-order valence-electron chi connectivity index (χ2n) is 4.93. The number of carbonyl (C=O) groups is 1. The van der Waals surface area contributed by atoms with Gasteiger partial charge < -0.3 is 10.4 Å². The zero-order chi connectivity index (χ0) is 13.6. The first kappa shape index (κ1) is 14.9. The van der Waals surface area contributed by atoms with Crippen LogP contribution in [0.1, 0.15) is 19.4 Å². The van der Waals surface area contributed by atoms with E-state index in [2.05, 4.69) is 21.2 Å². The highest BCUT2D eigenvalue weighted by Crippen LogP contribution is 2.13. The average molecular weight is 312 g/mol. The van der Waals surface area contributed by atoms with E-state index < -0.39 is 0 Å². The van der Waals surface area contributed by atoms with Gasteiger partial charge in [0.2, 0.25) is 5.91 Å². The highest BCUT2D eigenvalue weighted by Gasteiger charge is 2.16. The topological polar surface area (TPSA) is 49.3 Å². The van der Waals surface area contributed by atoms with E-state index in [4.69, 9.17) is 5.11 Å². The van der Waals surface area contributed by atoms with Crippen LogP contribution in [0.15, 0.2) is 34.8 Å². The van der Waals surface area contributed by atoms with E-state index in [0.717, 1.165) is 10.0 Å². The number of hydrogen-bond donors (Lipinski definition) is 2. The number of halogens is 1. The molecule has 2 N–H and O–H groups in total. The standard InChI is InChI=1S/C14H18BrNO2/c1-14(2,10-17)9-16-13(18)7-6-11-4-3-5-12(15)8-11/h3-8,17H,9-10H2,1-2H3,(H,16,18)/b7-6+. The molecule has 1 aromatic carbocycles. The molecule has 0 spiro atoms. The summed E-state index contributed by atoms with van der Waals surface area (Å²) in [5.74, 6) is -0.156. The molecule has 18 heavy (non-hydrogen) atoms. The molecule has 0 aliphatic carbocycles. The monoisotopic (exact) mass is 311 g/mol. The summed E-state index contributed by atoms with van der Waals surface area (Å²) in [5.41, 5.74) is 0.667.